The van der Waals surface area contributed by atoms with E-state index in [2.05, 4.69) is 10.6 Å². The van der Waals surface area contributed by atoms with E-state index < -0.39 is 33.9 Å². The number of rotatable bonds is 8. The van der Waals surface area contributed by atoms with Gasteiger partial charge in [-0.3, -0.25) is 4.79 Å². The number of carbonyl (C=O) groups is 2. The predicted molar refractivity (Wildman–Crippen MR) is 80.2 cm³/mol. The van der Waals surface area contributed by atoms with Crippen molar-refractivity contribution in [3.63, 3.8) is 0 Å². The second-order valence-corrected chi connectivity index (χ2v) is 6.06. The van der Waals surface area contributed by atoms with Crippen molar-refractivity contribution in [1.29, 1.82) is 0 Å². The summed E-state index contributed by atoms with van der Waals surface area (Å²) < 4.78 is 36.3. The minimum absolute atomic E-state index is 0. The first-order valence-corrected chi connectivity index (χ1v) is 8.27. The zero-order valence-corrected chi connectivity index (χ0v) is 17.2. The topological polar surface area (TPSA) is 151 Å². The van der Waals surface area contributed by atoms with E-state index in [0.29, 0.717) is 0 Å². The Balaban J connectivity index is 0.00000529. The van der Waals surface area contributed by atoms with E-state index in [-0.39, 0.29) is 71.1 Å². The van der Waals surface area contributed by atoms with Gasteiger partial charge in [0, 0.05) is 13.1 Å². The third-order valence-electron chi connectivity index (χ3n) is 2.63. The first-order chi connectivity index (χ1) is 10.8. The van der Waals surface area contributed by atoms with Crippen LogP contribution in [0.1, 0.15) is 5.56 Å². The summed E-state index contributed by atoms with van der Waals surface area (Å²) in [5.41, 5.74) is 6.09. The fourth-order valence-electron chi connectivity index (χ4n) is 1.55. The molecule has 0 aliphatic rings. The molecule has 4 N–H and O–H groups in total. The number of nitrogens with two attached hydrogens (primary N) is 1. The Hall–Kier alpha value is -0.534. The Bertz CT molecular complexity index is 626. The summed E-state index contributed by atoms with van der Waals surface area (Å²) in [6.45, 7) is 0.202. The summed E-state index contributed by atoms with van der Waals surface area (Å²) in [7, 11) is -4.57. The van der Waals surface area contributed by atoms with Crippen molar-refractivity contribution < 1.29 is 78.7 Å². The maximum absolute atomic E-state index is 11.4. The van der Waals surface area contributed by atoms with Crippen molar-refractivity contribution in [3.05, 3.63) is 35.9 Å². The minimum Gasteiger partial charge on any atom is -0.748 e. The van der Waals surface area contributed by atoms with Gasteiger partial charge in [-0.15, -0.1) is 0 Å². The van der Waals surface area contributed by atoms with Gasteiger partial charge in [-0.25, -0.2) is 13.2 Å². The summed E-state index contributed by atoms with van der Waals surface area (Å²) >= 11 is 0. The zero-order valence-electron chi connectivity index (χ0n) is 13.2. The first kappa shape index (κ1) is 23.5. The molecule has 1 aromatic carbocycles. The van der Waals surface area contributed by atoms with Crippen molar-refractivity contribution in [3.8, 4) is 0 Å². The van der Waals surface area contributed by atoms with Crippen LogP contribution in [0.25, 0.3) is 0 Å². The Labute approximate surface area is 182 Å². The SMILES string of the molecule is N[C@@H](CS(=O)(=O)[O-])C(=O)NCCNC(=O)OCc1ccccc1.[K+]. The monoisotopic (exact) mass is 383 g/mol. The third-order valence-corrected chi connectivity index (χ3v) is 3.39. The van der Waals surface area contributed by atoms with Crippen LogP contribution in [0.5, 0.6) is 0 Å². The molecule has 0 fully saturated rings. The van der Waals surface area contributed by atoms with Crippen LogP contribution in [0, 0.1) is 0 Å². The zero-order chi connectivity index (χ0) is 17.3. The van der Waals surface area contributed by atoms with E-state index >= 15 is 0 Å². The number of ether oxygens (including phenoxy) is 1. The molecule has 0 aliphatic heterocycles. The van der Waals surface area contributed by atoms with Crippen molar-refractivity contribution in [2.75, 3.05) is 18.8 Å². The predicted octanol–water partition coefficient (Wildman–Crippen LogP) is -4.09. The summed E-state index contributed by atoms with van der Waals surface area (Å²) in [6, 6.07) is 7.64. The molecule has 1 rings (SSSR count). The molecule has 0 unspecified atom stereocenters. The fraction of sp³-hybridized carbons (Fsp3) is 0.385. The van der Waals surface area contributed by atoms with Gasteiger partial charge in [0.2, 0.25) is 5.91 Å². The van der Waals surface area contributed by atoms with E-state index in [1.165, 1.54) is 0 Å². The summed E-state index contributed by atoms with van der Waals surface area (Å²) in [5, 5.41) is 4.70. The van der Waals surface area contributed by atoms with E-state index in [0.717, 1.165) is 5.56 Å². The maximum Gasteiger partial charge on any atom is 1.00 e. The number of hydrogen-bond acceptors (Lipinski definition) is 7. The molecular weight excluding hydrogens is 365 g/mol. The first-order valence-electron chi connectivity index (χ1n) is 6.69. The quantitative estimate of drug-likeness (QED) is 0.234. The van der Waals surface area contributed by atoms with Gasteiger partial charge in [0.15, 0.2) is 0 Å². The molecule has 0 heterocycles. The van der Waals surface area contributed by atoms with Gasteiger partial charge in [-0.05, 0) is 5.56 Å². The van der Waals surface area contributed by atoms with E-state index in [1.54, 1.807) is 12.1 Å². The molecule has 2 amide bonds. The van der Waals surface area contributed by atoms with Gasteiger partial charge in [0.05, 0.1) is 21.9 Å². The normalized spacial score (nSPS) is 11.8. The largest absolute Gasteiger partial charge is 1.00 e. The maximum atomic E-state index is 11.4. The van der Waals surface area contributed by atoms with Gasteiger partial charge in [0.25, 0.3) is 0 Å². The molecule has 0 spiro atoms. The smallest absolute Gasteiger partial charge is 0.748 e. The number of carbonyl (C=O) groups excluding carboxylic acids is 2. The van der Waals surface area contributed by atoms with Gasteiger partial charge >= 0.3 is 57.5 Å². The van der Waals surface area contributed by atoms with Crippen LogP contribution in [-0.2, 0) is 26.3 Å². The molecule has 0 saturated carbocycles. The van der Waals surface area contributed by atoms with Crippen LogP contribution in [0.3, 0.4) is 0 Å². The number of benzene rings is 1. The number of nitrogens with one attached hydrogen (secondary N) is 2. The third kappa shape index (κ3) is 11.1. The van der Waals surface area contributed by atoms with Crippen LogP contribution in [0.2, 0.25) is 0 Å². The van der Waals surface area contributed by atoms with Crippen molar-refractivity contribution in [1.82, 2.24) is 10.6 Å². The van der Waals surface area contributed by atoms with Crippen LogP contribution < -0.4 is 67.8 Å². The number of hydrogen-bond donors (Lipinski definition) is 3. The Morgan fingerprint density at radius 2 is 1.75 bits per heavy atom. The van der Waals surface area contributed by atoms with Crippen molar-refractivity contribution in [2.45, 2.75) is 12.6 Å². The van der Waals surface area contributed by atoms with Gasteiger partial charge in [-0.2, -0.15) is 0 Å². The molecule has 1 aromatic rings. The minimum atomic E-state index is -4.57. The molecular formula is C13H18KN3O6S. The molecule has 1 atom stereocenters. The Morgan fingerprint density at radius 3 is 2.33 bits per heavy atom. The molecule has 0 aliphatic carbocycles. The number of alkyl carbamates (subject to hydrolysis) is 1. The number of amides is 2. The molecule has 11 heteroatoms. The molecule has 0 saturated heterocycles. The second-order valence-electron chi connectivity index (χ2n) is 4.61. The summed E-state index contributed by atoms with van der Waals surface area (Å²) in [6.07, 6.45) is -0.658. The molecule has 0 aromatic heterocycles. The van der Waals surface area contributed by atoms with Crippen molar-refractivity contribution >= 4 is 22.1 Å². The van der Waals surface area contributed by atoms with Crippen LogP contribution in [0.15, 0.2) is 30.3 Å². The van der Waals surface area contributed by atoms with Crippen molar-refractivity contribution in [2.24, 2.45) is 5.73 Å². The molecule has 0 bridgehead atoms. The van der Waals surface area contributed by atoms with Gasteiger partial charge < -0.3 is 25.7 Å². The average Bonchev–Trinajstić information content (AvgIpc) is 2.48. The standard InChI is InChI=1S/C13H19N3O6S.K/c14-11(9-23(19,20)21)12(17)15-6-7-16-13(18)22-8-10-4-2-1-3-5-10;/h1-5,11H,6-9,14H2,(H,15,17)(H,16,18)(H,19,20,21);/q;+1/p-1/t11-;/m0./s1. The second kappa shape index (κ2) is 11.9. The summed E-state index contributed by atoms with van der Waals surface area (Å²) in [5.74, 6) is -1.77. The molecule has 24 heavy (non-hydrogen) atoms. The Kier molecular flexibility index (Phi) is 11.7. The van der Waals surface area contributed by atoms with E-state index in [9.17, 15) is 22.6 Å². The average molecular weight is 383 g/mol. The molecule has 128 valence electrons. The Morgan fingerprint density at radius 1 is 1.17 bits per heavy atom. The fourth-order valence-corrected chi connectivity index (χ4v) is 2.14. The van der Waals surface area contributed by atoms with Crippen LogP contribution in [-0.4, -0.2) is 49.9 Å². The molecule has 0 radical (unpaired) electrons. The van der Waals surface area contributed by atoms with E-state index in [4.69, 9.17) is 10.5 Å². The van der Waals surface area contributed by atoms with Crippen LogP contribution >= 0.6 is 0 Å². The molecule has 9 nitrogen and oxygen atoms in total. The van der Waals surface area contributed by atoms with E-state index in [1.807, 2.05) is 18.2 Å². The van der Waals surface area contributed by atoms with Gasteiger partial charge in [0.1, 0.15) is 6.61 Å². The van der Waals surface area contributed by atoms with Gasteiger partial charge in [-0.1, -0.05) is 30.3 Å². The van der Waals surface area contributed by atoms with Crippen LogP contribution in [0.4, 0.5) is 4.79 Å². The summed E-state index contributed by atoms with van der Waals surface area (Å²) in [4.78, 5) is 22.8.